The number of fused-ring (bicyclic) bond motifs is 1. The number of thiazole rings is 1. The van der Waals surface area contributed by atoms with Crippen LogP contribution in [-0.4, -0.2) is 87.5 Å². The van der Waals surface area contributed by atoms with E-state index < -0.39 is 18.0 Å². The van der Waals surface area contributed by atoms with Crippen molar-refractivity contribution in [2.24, 2.45) is 11.8 Å². The average molecular weight is 480 g/mol. The highest BCUT2D eigenvalue weighted by Gasteiger charge is 2.60. The number of amides is 2. The molecule has 2 unspecified atom stereocenters. The van der Waals surface area contributed by atoms with Crippen LogP contribution in [0.25, 0.3) is 0 Å². The first-order chi connectivity index (χ1) is 15.3. The highest BCUT2D eigenvalue weighted by atomic mass is 32.2. The summed E-state index contributed by atoms with van der Waals surface area (Å²) in [6.07, 6.45) is -0.804. The van der Waals surface area contributed by atoms with Crippen LogP contribution in [0.1, 0.15) is 24.3 Å². The molecular formula is C20H25N5O5S2. The third kappa shape index (κ3) is 3.40. The van der Waals surface area contributed by atoms with Crippen LogP contribution in [0, 0.1) is 11.8 Å². The molecule has 32 heavy (non-hydrogen) atoms. The van der Waals surface area contributed by atoms with E-state index in [9.17, 15) is 24.6 Å². The van der Waals surface area contributed by atoms with Crippen LogP contribution in [0.15, 0.2) is 16.0 Å². The Balaban J connectivity index is 1.22. The van der Waals surface area contributed by atoms with E-state index in [2.05, 4.69) is 20.5 Å². The maximum atomic E-state index is 12.5. The summed E-state index contributed by atoms with van der Waals surface area (Å²) in [6, 6.07) is -0.132. The summed E-state index contributed by atoms with van der Waals surface area (Å²) in [5.41, 5.74) is 0.479. The molecule has 5 rings (SSSR count). The van der Waals surface area contributed by atoms with Gasteiger partial charge in [0.25, 0.3) is 5.91 Å². The molecule has 4 N–H and O–H groups in total. The van der Waals surface area contributed by atoms with Gasteiger partial charge in [0.05, 0.1) is 24.1 Å². The molecule has 0 aromatic carbocycles. The molecule has 5 heterocycles. The number of hydrogen-bond donors (Lipinski definition) is 4. The molecule has 1 aromatic rings. The minimum Gasteiger partial charge on any atom is -0.477 e. The molecule has 0 radical (unpaired) electrons. The first kappa shape index (κ1) is 21.7. The Morgan fingerprint density at radius 1 is 1.38 bits per heavy atom. The number of nitrogens with zero attached hydrogens (tertiary/aromatic N) is 3. The van der Waals surface area contributed by atoms with Crippen molar-refractivity contribution < 1.29 is 24.6 Å². The van der Waals surface area contributed by atoms with Crippen molar-refractivity contribution in [3.8, 4) is 0 Å². The Labute approximate surface area is 193 Å². The van der Waals surface area contributed by atoms with E-state index in [1.165, 1.54) is 28.0 Å². The molecule has 4 aliphatic heterocycles. The molecule has 10 nitrogen and oxygen atoms in total. The van der Waals surface area contributed by atoms with Gasteiger partial charge in [-0.05, 0) is 6.92 Å². The van der Waals surface area contributed by atoms with Crippen molar-refractivity contribution in [1.29, 1.82) is 0 Å². The third-order valence-electron chi connectivity index (χ3n) is 6.56. The SMILES string of the molecule is C[C@@H](O)C1C(=O)N2C(C(=O)O)=C(SC3CN(c4nc(C(=O)NC5CNC5)cs4)C3)[C@H](C)C12. The first-order valence-corrected chi connectivity index (χ1v) is 12.4. The summed E-state index contributed by atoms with van der Waals surface area (Å²) in [7, 11) is 0. The maximum absolute atomic E-state index is 12.5. The summed E-state index contributed by atoms with van der Waals surface area (Å²) in [4.78, 5) is 45.2. The molecule has 172 valence electrons. The van der Waals surface area contributed by atoms with Gasteiger partial charge in [-0.25, -0.2) is 9.78 Å². The van der Waals surface area contributed by atoms with Gasteiger partial charge in [-0.1, -0.05) is 6.92 Å². The van der Waals surface area contributed by atoms with Gasteiger partial charge in [-0.15, -0.1) is 23.1 Å². The van der Waals surface area contributed by atoms with E-state index >= 15 is 0 Å². The van der Waals surface area contributed by atoms with Crippen LogP contribution in [0.4, 0.5) is 5.13 Å². The van der Waals surface area contributed by atoms with E-state index in [-0.39, 0.29) is 40.8 Å². The molecule has 1 aromatic heterocycles. The minimum absolute atomic E-state index is 0.0616. The highest BCUT2D eigenvalue weighted by molar-refractivity contribution is 8.03. The van der Waals surface area contributed by atoms with E-state index in [1.807, 2.05) is 6.92 Å². The Morgan fingerprint density at radius 2 is 2.09 bits per heavy atom. The molecule has 3 saturated heterocycles. The van der Waals surface area contributed by atoms with Gasteiger partial charge in [0.1, 0.15) is 11.4 Å². The normalized spacial score (nSPS) is 28.7. The zero-order chi connectivity index (χ0) is 22.7. The van der Waals surface area contributed by atoms with Gasteiger partial charge in [0.15, 0.2) is 5.13 Å². The number of aliphatic hydroxyl groups is 1. The number of nitrogens with one attached hydrogen (secondary N) is 2. The van der Waals surface area contributed by atoms with Gasteiger partial charge in [0.2, 0.25) is 5.91 Å². The predicted octanol–water partition coefficient (Wildman–Crippen LogP) is -0.0798. The number of rotatable bonds is 7. The summed E-state index contributed by atoms with van der Waals surface area (Å²) in [6.45, 7) is 6.44. The smallest absolute Gasteiger partial charge is 0.353 e. The number of aromatic nitrogens is 1. The minimum atomic E-state index is -1.10. The lowest BCUT2D eigenvalue weighted by atomic mass is 9.79. The maximum Gasteiger partial charge on any atom is 0.353 e. The van der Waals surface area contributed by atoms with Crippen LogP contribution in [0.3, 0.4) is 0 Å². The number of aliphatic carboxylic acids is 1. The Morgan fingerprint density at radius 3 is 2.69 bits per heavy atom. The van der Waals surface area contributed by atoms with Crippen molar-refractivity contribution in [3.05, 3.63) is 21.7 Å². The fourth-order valence-corrected chi connectivity index (χ4v) is 7.04. The Kier molecular flexibility index (Phi) is 5.43. The fourth-order valence-electron chi connectivity index (χ4n) is 4.69. The van der Waals surface area contributed by atoms with Gasteiger partial charge in [-0.2, -0.15) is 0 Å². The number of carbonyl (C=O) groups excluding carboxylic acids is 2. The second-order valence-corrected chi connectivity index (χ2v) is 10.9. The van der Waals surface area contributed by atoms with E-state index in [0.29, 0.717) is 23.7 Å². The Bertz CT molecular complexity index is 1000. The number of carbonyl (C=O) groups is 3. The molecule has 0 aliphatic carbocycles. The second kappa shape index (κ2) is 8.01. The van der Waals surface area contributed by atoms with Crippen LogP contribution >= 0.6 is 23.1 Å². The van der Waals surface area contributed by atoms with Crippen LogP contribution < -0.4 is 15.5 Å². The van der Waals surface area contributed by atoms with E-state index in [1.54, 1.807) is 12.3 Å². The first-order valence-electron chi connectivity index (χ1n) is 10.6. The van der Waals surface area contributed by atoms with Gasteiger partial charge >= 0.3 is 5.97 Å². The van der Waals surface area contributed by atoms with Crippen molar-refractivity contribution in [3.63, 3.8) is 0 Å². The topological polar surface area (TPSA) is 135 Å². The molecular weight excluding hydrogens is 454 g/mol. The molecule has 4 atom stereocenters. The molecule has 0 spiro atoms. The molecule has 12 heteroatoms. The lowest BCUT2D eigenvalue weighted by Gasteiger charge is -2.46. The van der Waals surface area contributed by atoms with Crippen molar-refractivity contribution in [2.45, 2.75) is 37.3 Å². The highest BCUT2D eigenvalue weighted by Crippen LogP contribution is 2.52. The monoisotopic (exact) mass is 479 g/mol. The standard InChI is InChI=1S/C20H25N5O5S2/c1-8-14-13(9(2)26)18(28)25(14)15(19(29)30)16(8)32-11-5-24(6-11)20-23-12(7-31-20)17(27)22-10-3-21-4-10/h7-11,13-14,21,26H,3-6H2,1-2H3,(H,22,27)(H,29,30)/t8-,9-,13?,14?/m1/s1. The molecule has 3 fully saturated rings. The number of anilines is 1. The fraction of sp³-hybridized carbons (Fsp3) is 0.600. The average Bonchev–Trinajstić information content (AvgIpc) is 3.23. The lowest BCUT2D eigenvalue weighted by Crippen LogP contribution is -2.63. The summed E-state index contributed by atoms with van der Waals surface area (Å²) in [5, 5.41) is 28.5. The summed E-state index contributed by atoms with van der Waals surface area (Å²) in [5.74, 6) is -2.26. The van der Waals surface area contributed by atoms with Crippen molar-refractivity contribution in [1.82, 2.24) is 20.5 Å². The van der Waals surface area contributed by atoms with Crippen molar-refractivity contribution in [2.75, 3.05) is 31.1 Å². The zero-order valence-corrected chi connectivity index (χ0v) is 19.3. The zero-order valence-electron chi connectivity index (χ0n) is 17.6. The van der Waals surface area contributed by atoms with E-state index in [0.717, 1.165) is 18.2 Å². The molecule has 0 bridgehead atoms. The largest absolute Gasteiger partial charge is 0.477 e. The predicted molar refractivity (Wildman–Crippen MR) is 119 cm³/mol. The number of hydrogen-bond acceptors (Lipinski definition) is 9. The van der Waals surface area contributed by atoms with Gasteiger partial charge < -0.3 is 30.6 Å². The third-order valence-corrected chi connectivity index (χ3v) is 8.92. The lowest BCUT2D eigenvalue weighted by molar-refractivity contribution is -0.163. The quantitative estimate of drug-likeness (QED) is 0.396. The van der Waals surface area contributed by atoms with E-state index in [4.69, 9.17) is 0 Å². The number of aliphatic hydroxyl groups excluding tert-OH is 1. The molecule has 0 saturated carbocycles. The van der Waals surface area contributed by atoms with Crippen LogP contribution in [0.2, 0.25) is 0 Å². The second-order valence-electron chi connectivity index (χ2n) is 8.76. The summed E-state index contributed by atoms with van der Waals surface area (Å²) >= 11 is 2.93. The Hall–Kier alpha value is -2.15. The molecule has 2 amide bonds. The number of β-lactam (4-membered cyclic amide) rings is 1. The van der Waals surface area contributed by atoms with Gasteiger partial charge in [-0.3, -0.25) is 9.59 Å². The van der Waals surface area contributed by atoms with Crippen LogP contribution in [-0.2, 0) is 9.59 Å². The number of carboxylic acid groups (broad SMARTS) is 1. The number of carboxylic acids is 1. The molecule has 4 aliphatic rings. The summed E-state index contributed by atoms with van der Waals surface area (Å²) < 4.78 is 0. The van der Waals surface area contributed by atoms with Crippen LogP contribution in [0.5, 0.6) is 0 Å². The van der Waals surface area contributed by atoms with Gasteiger partial charge in [0, 0.05) is 47.6 Å². The van der Waals surface area contributed by atoms with Crippen molar-refractivity contribution >= 4 is 46.0 Å². The number of thioether (sulfide) groups is 1.